The van der Waals surface area contributed by atoms with E-state index < -0.39 is 0 Å². The van der Waals surface area contributed by atoms with Crippen LogP contribution in [-0.4, -0.2) is 6.61 Å². The maximum atomic E-state index is 8.72. The SMILES string of the molecule is CCOc1cccc(N)c1C#N. The van der Waals surface area contributed by atoms with E-state index in [-0.39, 0.29) is 0 Å². The molecular weight excluding hydrogens is 152 g/mol. The maximum absolute atomic E-state index is 8.72. The van der Waals surface area contributed by atoms with Crippen LogP contribution in [0.3, 0.4) is 0 Å². The number of nitrogen functional groups attached to an aromatic ring is 1. The van der Waals surface area contributed by atoms with Crippen LogP contribution in [-0.2, 0) is 0 Å². The molecule has 0 saturated heterocycles. The van der Waals surface area contributed by atoms with Gasteiger partial charge in [0.25, 0.3) is 0 Å². The molecule has 2 N–H and O–H groups in total. The van der Waals surface area contributed by atoms with Gasteiger partial charge in [0.1, 0.15) is 17.4 Å². The third-order valence-electron chi connectivity index (χ3n) is 1.47. The lowest BCUT2D eigenvalue weighted by atomic mass is 10.2. The number of anilines is 1. The normalized spacial score (nSPS) is 9.00. The molecule has 0 spiro atoms. The van der Waals surface area contributed by atoms with E-state index in [4.69, 9.17) is 15.7 Å². The van der Waals surface area contributed by atoms with Gasteiger partial charge in [0, 0.05) is 0 Å². The van der Waals surface area contributed by atoms with Crippen LogP contribution in [0.2, 0.25) is 0 Å². The molecule has 0 aromatic heterocycles. The number of nitrogens with two attached hydrogens (primary N) is 1. The van der Waals surface area contributed by atoms with Gasteiger partial charge < -0.3 is 10.5 Å². The predicted molar refractivity (Wildman–Crippen MR) is 46.7 cm³/mol. The third kappa shape index (κ3) is 1.48. The highest BCUT2D eigenvalue weighted by atomic mass is 16.5. The molecule has 0 aliphatic rings. The zero-order chi connectivity index (χ0) is 8.97. The molecule has 0 bridgehead atoms. The number of hydrogen-bond donors (Lipinski definition) is 1. The lowest BCUT2D eigenvalue weighted by Crippen LogP contribution is -1.97. The van der Waals surface area contributed by atoms with Gasteiger partial charge in [-0.2, -0.15) is 5.26 Å². The first-order chi connectivity index (χ1) is 5.79. The van der Waals surface area contributed by atoms with E-state index in [1.165, 1.54) is 0 Å². The standard InChI is InChI=1S/C9H10N2O/c1-2-12-9-5-3-4-8(11)7(9)6-10/h3-5H,2,11H2,1H3. The summed E-state index contributed by atoms with van der Waals surface area (Å²) in [6.45, 7) is 2.41. The predicted octanol–water partition coefficient (Wildman–Crippen LogP) is 1.54. The monoisotopic (exact) mass is 162 g/mol. The Morgan fingerprint density at radius 1 is 1.58 bits per heavy atom. The highest BCUT2D eigenvalue weighted by Crippen LogP contribution is 2.22. The van der Waals surface area contributed by atoms with Gasteiger partial charge in [0.05, 0.1) is 12.3 Å². The topological polar surface area (TPSA) is 59.0 Å². The fourth-order valence-corrected chi connectivity index (χ4v) is 0.944. The third-order valence-corrected chi connectivity index (χ3v) is 1.47. The molecule has 0 unspecified atom stereocenters. The molecular formula is C9H10N2O. The Labute approximate surface area is 71.4 Å². The smallest absolute Gasteiger partial charge is 0.139 e. The Bertz CT molecular complexity index is 315. The number of ether oxygens (including phenoxy) is 1. The average molecular weight is 162 g/mol. The highest BCUT2D eigenvalue weighted by molar-refractivity contribution is 5.60. The van der Waals surface area contributed by atoms with E-state index in [1.54, 1.807) is 18.2 Å². The average Bonchev–Trinajstić information content (AvgIpc) is 2.05. The molecule has 12 heavy (non-hydrogen) atoms. The minimum Gasteiger partial charge on any atom is -0.492 e. The highest BCUT2D eigenvalue weighted by Gasteiger charge is 2.04. The summed E-state index contributed by atoms with van der Waals surface area (Å²) in [7, 11) is 0. The van der Waals surface area contributed by atoms with Crippen molar-refractivity contribution in [2.24, 2.45) is 0 Å². The van der Waals surface area contributed by atoms with Crippen molar-refractivity contribution in [2.75, 3.05) is 12.3 Å². The van der Waals surface area contributed by atoms with Crippen LogP contribution in [0.4, 0.5) is 5.69 Å². The molecule has 0 fully saturated rings. The molecule has 62 valence electrons. The van der Waals surface area contributed by atoms with Gasteiger partial charge in [0.2, 0.25) is 0 Å². The van der Waals surface area contributed by atoms with Crippen LogP contribution in [0, 0.1) is 11.3 Å². The van der Waals surface area contributed by atoms with Crippen molar-refractivity contribution in [1.82, 2.24) is 0 Å². The van der Waals surface area contributed by atoms with Gasteiger partial charge in [-0.3, -0.25) is 0 Å². The van der Waals surface area contributed by atoms with Crippen LogP contribution in [0.5, 0.6) is 5.75 Å². The van der Waals surface area contributed by atoms with Gasteiger partial charge in [-0.05, 0) is 19.1 Å². The Hall–Kier alpha value is -1.69. The molecule has 0 atom stereocenters. The van der Waals surface area contributed by atoms with Gasteiger partial charge in [-0.25, -0.2) is 0 Å². The van der Waals surface area contributed by atoms with Crippen LogP contribution >= 0.6 is 0 Å². The van der Waals surface area contributed by atoms with Gasteiger partial charge >= 0.3 is 0 Å². The number of hydrogen-bond acceptors (Lipinski definition) is 3. The largest absolute Gasteiger partial charge is 0.492 e. The second-order valence-electron chi connectivity index (χ2n) is 2.27. The van der Waals surface area contributed by atoms with Crippen molar-refractivity contribution in [3.8, 4) is 11.8 Å². The van der Waals surface area contributed by atoms with Crippen molar-refractivity contribution in [3.63, 3.8) is 0 Å². The summed E-state index contributed by atoms with van der Waals surface area (Å²) in [5.41, 5.74) is 6.44. The van der Waals surface area contributed by atoms with Gasteiger partial charge in [0.15, 0.2) is 0 Å². The number of nitriles is 1. The van der Waals surface area contributed by atoms with Crippen LogP contribution in [0.15, 0.2) is 18.2 Å². The molecule has 1 rings (SSSR count). The molecule has 1 aromatic carbocycles. The van der Waals surface area contributed by atoms with E-state index in [2.05, 4.69) is 0 Å². The second-order valence-corrected chi connectivity index (χ2v) is 2.27. The lowest BCUT2D eigenvalue weighted by molar-refractivity contribution is 0.339. The second kappa shape index (κ2) is 3.63. The Balaban J connectivity index is 3.11. The van der Waals surface area contributed by atoms with Crippen molar-refractivity contribution in [1.29, 1.82) is 5.26 Å². The summed E-state index contributed by atoms with van der Waals surface area (Å²) in [6, 6.07) is 7.18. The first kappa shape index (κ1) is 8.41. The molecule has 1 aromatic rings. The van der Waals surface area contributed by atoms with Crippen LogP contribution in [0.25, 0.3) is 0 Å². The molecule has 0 heterocycles. The molecule has 0 saturated carbocycles. The summed E-state index contributed by atoms with van der Waals surface area (Å²) < 4.78 is 5.21. The van der Waals surface area contributed by atoms with Crippen molar-refractivity contribution in [3.05, 3.63) is 23.8 Å². The van der Waals surface area contributed by atoms with Gasteiger partial charge in [-0.15, -0.1) is 0 Å². The van der Waals surface area contributed by atoms with E-state index in [1.807, 2.05) is 13.0 Å². The van der Waals surface area contributed by atoms with Gasteiger partial charge in [-0.1, -0.05) is 6.07 Å². The first-order valence-corrected chi connectivity index (χ1v) is 3.71. The molecule has 3 heteroatoms. The zero-order valence-electron chi connectivity index (χ0n) is 6.87. The molecule has 0 aliphatic carbocycles. The molecule has 0 radical (unpaired) electrons. The van der Waals surface area contributed by atoms with E-state index >= 15 is 0 Å². The summed E-state index contributed by atoms with van der Waals surface area (Å²) in [5, 5.41) is 8.72. The van der Waals surface area contributed by atoms with Crippen LogP contribution < -0.4 is 10.5 Å². The van der Waals surface area contributed by atoms with E-state index in [9.17, 15) is 0 Å². The minimum absolute atomic E-state index is 0.416. The fraction of sp³-hybridized carbons (Fsp3) is 0.222. The maximum Gasteiger partial charge on any atom is 0.139 e. The molecule has 0 amide bonds. The Kier molecular flexibility index (Phi) is 2.54. The summed E-state index contributed by atoms with van der Waals surface area (Å²) >= 11 is 0. The van der Waals surface area contributed by atoms with E-state index in [0.29, 0.717) is 23.6 Å². The Morgan fingerprint density at radius 2 is 2.33 bits per heavy atom. The zero-order valence-corrected chi connectivity index (χ0v) is 6.87. The van der Waals surface area contributed by atoms with E-state index in [0.717, 1.165) is 0 Å². The quantitative estimate of drug-likeness (QED) is 0.671. The molecule has 0 aliphatic heterocycles. The summed E-state index contributed by atoms with van der Waals surface area (Å²) in [6.07, 6.45) is 0. The Morgan fingerprint density at radius 3 is 2.92 bits per heavy atom. The number of benzene rings is 1. The summed E-state index contributed by atoms with van der Waals surface area (Å²) in [4.78, 5) is 0. The minimum atomic E-state index is 0.416. The van der Waals surface area contributed by atoms with Crippen molar-refractivity contribution >= 4 is 5.69 Å². The first-order valence-electron chi connectivity index (χ1n) is 3.71. The van der Waals surface area contributed by atoms with Crippen molar-refractivity contribution < 1.29 is 4.74 Å². The number of rotatable bonds is 2. The van der Waals surface area contributed by atoms with Crippen molar-refractivity contribution in [2.45, 2.75) is 6.92 Å². The lowest BCUT2D eigenvalue weighted by Gasteiger charge is -2.05. The number of nitrogens with zero attached hydrogens (tertiary/aromatic N) is 1. The fourth-order valence-electron chi connectivity index (χ4n) is 0.944. The summed E-state index contributed by atoms with van der Waals surface area (Å²) in [5.74, 6) is 0.556. The molecule has 3 nitrogen and oxygen atoms in total. The van der Waals surface area contributed by atoms with Crippen LogP contribution in [0.1, 0.15) is 12.5 Å².